The molecular weight excluding hydrogens is 409 g/mol. The van der Waals surface area contributed by atoms with Gasteiger partial charge in [-0.15, -0.1) is 0 Å². The average Bonchev–Trinajstić information content (AvgIpc) is 3.16. The number of hydrogen-bond donors (Lipinski definition) is 0. The fourth-order valence-electron chi connectivity index (χ4n) is 3.89. The Hall–Kier alpha value is -2.78. The van der Waals surface area contributed by atoms with Crippen LogP contribution in [0.5, 0.6) is 0 Å². The number of sulfonamides is 1. The molecule has 0 aromatic heterocycles. The Morgan fingerprint density at radius 1 is 0.933 bits per heavy atom. The van der Waals surface area contributed by atoms with Gasteiger partial charge in [-0.25, -0.2) is 12.8 Å². The maximum absolute atomic E-state index is 13.1. The van der Waals surface area contributed by atoms with Crippen molar-refractivity contribution in [3.05, 3.63) is 60.4 Å². The topological polar surface area (TPSA) is 78.0 Å². The number of halogens is 1. The highest BCUT2D eigenvalue weighted by molar-refractivity contribution is 7.89. The van der Waals surface area contributed by atoms with Gasteiger partial charge in [-0.05, 0) is 36.4 Å². The molecule has 2 aromatic carbocycles. The van der Waals surface area contributed by atoms with Crippen LogP contribution in [0.3, 0.4) is 0 Å². The summed E-state index contributed by atoms with van der Waals surface area (Å²) in [4.78, 5) is 28.6. The van der Waals surface area contributed by atoms with Gasteiger partial charge in [0.1, 0.15) is 5.82 Å². The van der Waals surface area contributed by atoms with E-state index in [2.05, 4.69) is 0 Å². The minimum absolute atomic E-state index is 0.0311. The quantitative estimate of drug-likeness (QED) is 0.739. The number of anilines is 1. The SMILES string of the molecule is O=C(C1CC(=O)N(c2ccccc2)C1)N1CCN(S(=O)(=O)c2ccc(F)cc2)CC1. The minimum atomic E-state index is -3.73. The van der Waals surface area contributed by atoms with Crippen LogP contribution in [0.2, 0.25) is 0 Å². The van der Waals surface area contributed by atoms with E-state index in [1.165, 1.54) is 16.4 Å². The standard InChI is InChI=1S/C21H22FN3O4S/c22-17-6-8-19(9-7-17)30(28,29)24-12-10-23(11-13-24)21(27)16-14-20(26)25(15-16)18-4-2-1-3-5-18/h1-9,16H,10-15H2. The second-order valence-electron chi connectivity index (χ2n) is 7.42. The number of carbonyl (C=O) groups is 2. The van der Waals surface area contributed by atoms with E-state index < -0.39 is 21.8 Å². The average molecular weight is 431 g/mol. The van der Waals surface area contributed by atoms with Crippen molar-refractivity contribution >= 4 is 27.5 Å². The molecule has 0 spiro atoms. The first-order valence-corrected chi connectivity index (χ1v) is 11.2. The summed E-state index contributed by atoms with van der Waals surface area (Å²) in [6.45, 7) is 1.17. The van der Waals surface area contributed by atoms with Crippen LogP contribution < -0.4 is 4.90 Å². The van der Waals surface area contributed by atoms with Crippen molar-refractivity contribution in [3.63, 3.8) is 0 Å². The summed E-state index contributed by atoms with van der Waals surface area (Å²) < 4.78 is 39.8. The molecule has 9 heteroatoms. The normalized spacial score (nSPS) is 20.6. The predicted molar refractivity (Wildman–Crippen MR) is 109 cm³/mol. The maximum atomic E-state index is 13.1. The van der Waals surface area contributed by atoms with Crippen molar-refractivity contribution in [2.24, 2.45) is 5.92 Å². The van der Waals surface area contributed by atoms with Crippen molar-refractivity contribution in [2.45, 2.75) is 11.3 Å². The fraction of sp³-hybridized carbons (Fsp3) is 0.333. The molecule has 30 heavy (non-hydrogen) atoms. The summed E-state index contributed by atoms with van der Waals surface area (Å²) >= 11 is 0. The van der Waals surface area contributed by atoms with E-state index in [0.717, 1.165) is 17.8 Å². The summed E-state index contributed by atoms with van der Waals surface area (Å²) in [6, 6.07) is 13.9. The lowest BCUT2D eigenvalue weighted by molar-refractivity contribution is -0.136. The molecule has 0 bridgehead atoms. The summed E-state index contributed by atoms with van der Waals surface area (Å²) in [5.74, 6) is -1.14. The number of hydrogen-bond acceptors (Lipinski definition) is 4. The molecule has 0 radical (unpaired) electrons. The maximum Gasteiger partial charge on any atom is 0.243 e. The van der Waals surface area contributed by atoms with Gasteiger partial charge in [0.2, 0.25) is 21.8 Å². The van der Waals surface area contributed by atoms with Crippen molar-refractivity contribution in [1.82, 2.24) is 9.21 Å². The molecule has 2 amide bonds. The molecule has 2 aliphatic heterocycles. The number of piperazine rings is 1. The highest BCUT2D eigenvalue weighted by Gasteiger charge is 2.39. The number of para-hydroxylation sites is 1. The van der Waals surface area contributed by atoms with Crippen LogP contribution >= 0.6 is 0 Å². The number of benzene rings is 2. The molecule has 1 atom stereocenters. The van der Waals surface area contributed by atoms with E-state index in [9.17, 15) is 22.4 Å². The molecule has 2 heterocycles. The molecule has 0 N–H and O–H groups in total. The Balaban J connectivity index is 1.38. The summed E-state index contributed by atoms with van der Waals surface area (Å²) in [5, 5.41) is 0. The van der Waals surface area contributed by atoms with Crippen LogP contribution in [0, 0.1) is 11.7 Å². The van der Waals surface area contributed by atoms with Gasteiger partial charge in [-0.3, -0.25) is 9.59 Å². The second-order valence-corrected chi connectivity index (χ2v) is 9.36. The smallest absolute Gasteiger partial charge is 0.243 e. The van der Waals surface area contributed by atoms with Gasteiger partial charge < -0.3 is 9.80 Å². The molecule has 1 unspecified atom stereocenters. The highest BCUT2D eigenvalue weighted by Crippen LogP contribution is 2.27. The Bertz CT molecular complexity index is 1040. The monoisotopic (exact) mass is 431 g/mol. The minimum Gasteiger partial charge on any atom is -0.340 e. The van der Waals surface area contributed by atoms with Crippen molar-refractivity contribution < 1.29 is 22.4 Å². The summed E-state index contributed by atoms with van der Waals surface area (Å²) in [7, 11) is -3.73. The zero-order valence-corrected chi connectivity index (χ0v) is 17.1. The van der Waals surface area contributed by atoms with Crippen molar-refractivity contribution in [1.29, 1.82) is 0 Å². The second kappa shape index (κ2) is 8.16. The van der Waals surface area contributed by atoms with Crippen molar-refractivity contribution in [2.75, 3.05) is 37.6 Å². The van der Waals surface area contributed by atoms with Crippen LogP contribution in [-0.2, 0) is 19.6 Å². The Kier molecular flexibility index (Phi) is 5.57. The van der Waals surface area contributed by atoms with Gasteiger partial charge in [-0.1, -0.05) is 18.2 Å². The summed E-state index contributed by atoms with van der Waals surface area (Å²) in [5.41, 5.74) is 0.771. The Morgan fingerprint density at radius 2 is 1.57 bits per heavy atom. The van der Waals surface area contributed by atoms with Gasteiger partial charge in [-0.2, -0.15) is 4.31 Å². The zero-order chi connectivity index (χ0) is 21.3. The third-order valence-electron chi connectivity index (χ3n) is 5.54. The summed E-state index contributed by atoms with van der Waals surface area (Å²) in [6.07, 6.45) is 0.155. The largest absolute Gasteiger partial charge is 0.340 e. The Labute approximate surface area is 174 Å². The molecule has 7 nitrogen and oxygen atoms in total. The predicted octanol–water partition coefficient (Wildman–Crippen LogP) is 1.71. The number of nitrogens with zero attached hydrogens (tertiary/aromatic N) is 3. The molecule has 2 aromatic rings. The van der Waals surface area contributed by atoms with Crippen LogP contribution in [0.25, 0.3) is 0 Å². The first-order valence-electron chi connectivity index (χ1n) is 9.76. The van der Waals surface area contributed by atoms with Crippen LogP contribution in [0.15, 0.2) is 59.5 Å². The first-order chi connectivity index (χ1) is 14.4. The van der Waals surface area contributed by atoms with Gasteiger partial charge in [0, 0.05) is 44.8 Å². The highest BCUT2D eigenvalue weighted by atomic mass is 32.2. The molecule has 0 aliphatic carbocycles. The number of rotatable bonds is 4. The van der Waals surface area contributed by atoms with E-state index in [-0.39, 0.29) is 49.3 Å². The molecule has 2 saturated heterocycles. The lowest BCUT2D eigenvalue weighted by atomic mass is 10.1. The van der Waals surface area contributed by atoms with E-state index in [1.807, 2.05) is 30.3 Å². The van der Waals surface area contributed by atoms with E-state index >= 15 is 0 Å². The number of carbonyl (C=O) groups excluding carboxylic acids is 2. The molecule has 2 fully saturated rings. The number of amides is 2. The van der Waals surface area contributed by atoms with Gasteiger partial charge in [0.25, 0.3) is 0 Å². The fourth-order valence-corrected chi connectivity index (χ4v) is 5.32. The molecule has 158 valence electrons. The van der Waals surface area contributed by atoms with Crippen LogP contribution in [0.4, 0.5) is 10.1 Å². The molecular formula is C21H22FN3O4S. The zero-order valence-electron chi connectivity index (χ0n) is 16.3. The van der Waals surface area contributed by atoms with Gasteiger partial charge >= 0.3 is 0 Å². The van der Waals surface area contributed by atoms with Gasteiger partial charge in [0.15, 0.2) is 0 Å². The van der Waals surface area contributed by atoms with Crippen molar-refractivity contribution in [3.8, 4) is 0 Å². The third kappa shape index (κ3) is 3.95. The molecule has 0 saturated carbocycles. The molecule has 4 rings (SSSR count). The van der Waals surface area contributed by atoms with E-state index in [0.29, 0.717) is 6.54 Å². The lowest BCUT2D eigenvalue weighted by Crippen LogP contribution is -2.52. The van der Waals surface area contributed by atoms with Crippen LogP contribution in [-0.4, -0.2) is 62.2 Å². The van der Waals surface area contributed by atoms with Crippen LogP contribution in [0.1, 0.15) is 6.42 Å². The first kappa shape index (κ1) is 20.5. The molecule has 2 aliphatic rings. The Morgan fingerprint density at radius 3 is 2.20 bits per heavy atom. The third-order valence-corrected chi connectivity index (χ3v) is 7.46. The lowest BCUT2D eigenvalue weighted by Gasteiger charge is -2.35. The van der Waals surface area contributed by atoms with Gasteiger partial charge in [0.05, 0.1) is 10.8 Å². The van der Waals surface area contributed by atoms with E-state index in [1.54, 1.807) is 9.80 Å². The van der Waals surface area contributed by atoms with E-state index in [4.69, 9.17) is 0 Å².